The fraction of sp³-hybridized carbons (Fsp3) is 0.812. The van der Waals surface area contributed by atoms with Gasteiger partial charge in [0, 0.05) is 12.8 Å². The first-order valence-corrected chi connectivity index (χ1v) is 30.3. The lowest BCUT2D eigenvalue weighted by Gasteiger charge is -2.15. The first-order valence-electron chi connectivity index (χ1n) is 30.3. The number of unbranched alkanes of at least 4 members (excludes halogenated alkanes) is 38. The third-order valence-corrected chi connectivity index (χ3v) is 13.6. The lowest BCUT2D eigenvalue weighted by Crippen LogP contribution is -2.28. The van der Waals surface area contributed by atoms with Gasteiger partial charge in [-0.05, 0) is 57.8 Å². The van der Waals surface area contributed by atoms with Gasteiger partial charge >= 0.3 is 11.9 Å². The van der Waals surface area contributed by atoms with Gasteiger partial charge in [-0.15, -0.1) is 0 Å². The molecule has 0 aromatic heterocycles. The predicted octanol–water partition coefficient (Wildman–Crippen LogP) is 20.6. The van der Waals surface area contributed by atoms with Crippen molar-refractivity contribution in [3.63, 3.8) is 0 Å². The van der Waals surface area contributed by atoms with Crippen molar-refractivity contribution in [1.29, 1.82) is 0 Å². The molecule has 1 atom stereocenters. The van der Waals surface area contributed by atoms with Gasteiger partial charge in [-0.1, -0.05) is 306 Å². The molecule has 1 N–H and O–H groups in total. The van der Waals surface area contributed by atoms with Crippen LogP contribution in [0.1, 0.15) is 316 Å². The molecule has 0 amide bonds. The largest absolute Gasteiger partial charge is 0.462 e. The van der Waals surface area contributed by atoms with E-state index in [0.717, 1.165) is 77.0 Å². The molecule has 0 saturated carbocycles. The van der Waals surface area contributed by atoms with Crippen LogP contribution in [0.15, 0.2) is 60.8 Å². The lowest BCUT2D eigenvalue weighted by molar-refractivity contribution is -0.161. The Morgan fingerprint density at radius 1 is 0.348 bits per heavy atom. The number of aliphatic hydroxyl groups is 1. The zero-order valence-corrected chi connectivity index (χ0v) is 46.1. The molecule has 0 heterocycles. The van der Waals surface area contributed by atoms with Crippen LogP contribution in [0.4, 0.5) is 0 Å². The first kappa shape index (κ1) is 66.6. The van der Waals surface area contributed by atoms with Crippen LogP contribution in [0.5, 0.6) is 0 Å². The number of hydrogen-bond donors (Lipinski definition) is 1. The second-order valence-corrected chi connectivity index (χ2v) is 20.4. The van der Waals surface area contributed by atoms with Crippen molar-refractivity contribution >= 4 is 11.9 Å². The van der Waals surface area contributed by atoms with Gasteiger partial charge in [0.25, 0.3) is 0 Å². The molecular weight excluding hydrogens is 849 g/mol. The Balaban J connectivity index is 3.42. The van der Waals surface area contributed by atoms with E-state index >= 15 is 0 Å². The van der Waals surface area contributed by atoms with Gasteiger partial charge in [-0.3, -0.25) is 9.59 Å². The quantitative estimate of drug-likeness (QED) is 0.0373. The molecule has 1 unspecified atom stereocenters. The number of ether oxygens (including phenoxy) is 2. The molecule has 0 aromatic carbocycles. The number of rotatable bonds is 56. The molecule has 69 heavy (non-hydrogen) atoms. The van der Waals surface area contributed by atoms with Crippen molar-refractivity contribution in [2.75, 3.05) is 13.2 Å². The van der Waals surface area contributed by atoms with E-state index in [0.29, 0.717) is 12.8 Å². The van der Waals surface area contributed by atoms with Crippen LogP contribution in [-0.4, -0.2) is 36.4 Å². The van der Waals surface area contributed by atoms with Crippen molar-refractivity contribution in [2.24, 2.45) is 0 Å². The summed E-state index contributed by atoms with van der Waals surface area (Å²) in [4.78, 5) is 24.5. The fourth-order valence-electron chi connectivity index (χ4n) is 9.06. The van der Waals surface area contributed by atoms with E-state index in [2.05, 4.69) is 74.6 Å². The monoisotopic (exact) mass is 965 g/mol. The summed E-state index contributed by atoms with van der Waals surface area (Å²) in [6.45, 7) is 4.03. The molecule has 5 nitrogen and oxygen atoms in total. The van der Waals surface area contributed by atoms with Crippen molar-refractivity contribution < 1.29 is 24.2 Å². The van der Waals surface area contributed by atoms with Gasteiger partial charge in [0.05, 0.1) is 6.61 Å². The van der Waals surface area contributed by atoms with Crippen molar-refractivity contribution in [1.82, 2.24) is 0 Å². The average molecular weight is 966 g/mol. The number of aliphatic hydroxyl groups excluding tert-OH is 1. The third-order valence-electron chi connectivity index (χ3n) is 13.6. The molecular formula is C64H116O5. The summed E-state index contributed by atoms with van der Waals surface area (Å²) in [5.74, 6) is -0.618. The number of esters is 2. The van der Waals surface area contributed by atoms with Gasteiger partial charge in [-0.25, -0.2) is 0 Å². The first-order chi connectivity index (χ1) is 34.1. The zero-order valence-electron chi connectivity index (χ0n) is 46.1. The van der Waals surface area contributed by atoms with Crippen molar-refractivity contribution in [2.45, 2.75) is 322 Å². The number of carbonyl (C=O) groups excluding carboxylic acids is 2. The van der Waals surface area contributed by atoms with Crippen LogP contribution < -0.4 is 0 Å². The maximum Gasteiger partial charge on any atom is 0.306 e. The number of hydrogen-bond acceptors (Lipinski definition) is 5. The molecule has 0 radical (unpaired) electrons. The van der Waals surface area contributed by atoms with Gasteiger partial charge in [0.2, 0.25) is 0 Å². The second kappa shape index (κ2) is 59.9. The van der Waals surface area contributed by atoms with E-state index in [9.17, 15) is 14.7 Å². The third kappa shape index (κ3) is 58.1. The second-order valence-electron chi connectivity index (χ2n) is 20.4. The maximum atomic E-state index is 12.3. The van der Waals surface area contributed by atoms with Crippen molar-refractivity contribution in [3.05, 3.63) is 60.8 Å². The van der Waals surface area contributed by atoms with Gasteiger partial charge in [-0.2, -0.15) is 0 Å². The Bertz CT molecular complexity index is 1180. The predicted molar refractivity (Wildman–Crippen MR) is 302 cm³/mol. The Kier molecular flexibility index (Phi) is 57.8. The van der Waals surface area contributed by atoms with Crippen LogP contribution in [0.25, 0.3) is 0 Å². The lowest BCUT2D eigenvalue weighted by atomic mass is 10.0. The molecule has 0 rings (SSSR count). The summed E-state index contributed by atoms with van der Waals surface area (Å²) in [6, 6.07) is 0. The van der Waals surface area contributed by atoms with Gasteiger partial charge in [0.15, 0.2) is 6.10 Å². The summed E-state index contributed by atoms with van der Waals surface area (Å²) in [5, 5.41) is 9.64. The molecule has 0 spiro atoms. The highest BCUT2D eigenvalue weighted by atomic mass is 16.6. The van der Waals surface area contributed by atoms with E-state index in [1.165, 1.54) is 212 Å². The highest BCUT2D eigenvalue weighted by Gasteiger charge is 2.16. The molecule has 0 aliphatic carbocycles. The topological polar surface area (TPSA) is 72.8 Å². The van der Waals surface area contributed by atoms with E-state index in [1.807, 2.05) is 0 Å². The van der Waals surface area contributed by atoms with Crippen LogP contribution in [-0.2, 0) is 19.1 Å². The Hall–Kier alpha value is -2.40. The van der Waals surface area contributed by atoms with Crippen LogP contribution in [0, 0.1) is 0 Å². The average Bonchev–Trinajstić information content (AvgIpc) is 3.35. The van der Waals surface area contributed by atoms with Gasteiger partial charge in [0.1, 0.15) is 6.61 Å². The molecule has 0 aliphatic heterocycles. The number of carbonyl (C=O) groups is 2. The number of allylic oxidation sites excluding steroid dienone is 10. The summed E-state index contributed by atoms with van der Waals surface area (Å²) >= 11 is 0. The Morgan fingerprint density at radius 3 is 0.942 bits per heavy atom. The molecule has 402 valence electrons. The summed E-state index contributed by atoms with van der Waals surface area (Å²) in [6.07, 6.45) is 80.9. The van der Waals surface area contributed by atoms with E-state index in [-0.39, 0.29) is 25.2 Å². The maximum absolute atomic E-state index is 12.3. The molecule has 0 saturated heterocycles. The van der Waals surface area contributed by atoms with Crippen LogP contribution in [0.2, 0.25) is 0 Å². The minimum atomic E-state index is -0.791. The smallest absolute Gasteiger partial charge is 0.306 e. The van der Waals surface area contributed by atoms with Crippen LogP contribution in [0.3, 0.4) is 0 Å². The van der Waals surface area contributed by atoms with Gasteiger partial charge < -0.3 is 14.6 Å². The molecule has 0 bridgehead atoms. The van der Waals surface area contributed by atoms with Crippen molar-refractivity contribution in [3.8, 4) is 0 Å². The van der Waals surface area contributed by atoms with Crippen LogP contribution >= 0.6 is 0 Å². The van der Waals surface area contributed by atoms with E-state index < -0.39 is 6.10 Å². The minimum Gasteiger partial charge on any atom is -0.462 e. The summed E-state index contributed by atoms with van der Waals surface area (Å²) in [7, 11) is 0. The van der Waals surface area contributed by atoms with E-state index in [1.54, 1.807) is 0 Å². The summed E-state index contributed by atoms with van der Waals surface area (Å²) < 4.78 is 10.7. The SMILES string of the molecule is CC/C=C\C/C=C\C/C=C\C/C=C\C/C=C\CCCCCC(=O)OC(CO)COC(=O)CCCCCCCCCCCCCCCCCCCCCCCCCCCCCCCCCCCCCC. The Morgan fingerprint density at radius 2 is 0.623 bits per heavy atom. The normalized spacial score (nSPS) is 12.6. The summed E-state index contributed by atoms with van der Waals surface area (Å²) in [5.41, 5.74) is 0. The molecule has 0 aliphatic rings. The Labute approximate surface area is 430 Å². The highest BCUT2D eigenvalue weighted by molar-refractivity contribution is 5.70. The molecule has 5 heteroatoms. The highest BCUT2D eigenvalue weighted by Crippen LogP contribution is 2.18. The molecule has 0 fully saturated rings. The standard InChI is InChI=1S/C64H116O5/c1-3-5-7-9-11-13-15-17-19-21-23-24-25-26-27-28-29-30-31-32-33-34-35-36-37-38-39-41-42-44-46-48-50-52-54-56-58-63(66)68-61-62(60-65)69-64(67)59-57-55-53-51-49-47-45-43-40-22-20-18-16-14-12-10-8-6-4-2/h6,8,12,14,18,20,40,43,47,49,62,65H,3-5,7,9-11,13,15-17,19,21-39,41-42,44-46,48,50-61H2,1-2H3/b8-6-,14-12-,20-18-,43-40-,49-47-. The molecule has 0 aromatic rings. The fourth-order valence-corrected chi connectivity index (χ4v) is 9.06. The van der Waals surface area contributed by atoms with E-state index in [4.69, 9.17) is 9.47 Å². The zero-order chi connectivity index (χ0) is 49.9. The minimum absolute atomic E-state index is 0.0785.